The Labute approximate surface area is 192 Å². The number of nitrogens with one attached hydrogen (secondary N) is 1. The largest absolute Gasteiger partial charge is 0.497 e. The Morgan fingerprint density at radius 3 is 2.55 bits per heavy atom. The lowest BCUT2D eigenvalue weighted by atomic mass is 9.89. The third kappa shape index (κ3) is 4.15. The number of benzene rings is 3. The number of carbonyl (C=O) groups is 2. The fourth-order valence-corrected chi connectivity index (χ4v) is 3.87. The van der Waals surface area contributed by atoms with E-state index in [1.54, 1.807) is 79.6 Å². The third-order valence-electron chi connectivity index (χ3n) is 5.53. The molecule has 0 aliphatic carbocycles. The lowest BCUT2D eigenvalue weighted by Crippen LogP contribution is -2.31. The van der Waals surface area contributed by atoms with Gasteiger partial charge in [-0.15, -0.1) is 5.92 Å². The first-order valence-corrected chi connectivity index (χ1v) is 10.4. The van der Waals surface area contributed by atoms with Crippen LogP contribution in [-0.4, -0.2) is 25.5 Å². The zero-order chi connectivity index (χ0) is 23.4. The molecule has 0 bridgehead atoms. The number of anilines is 2. The van der Waals surface area contributed by atoms with Gasteiger partial charge in [0.05, 0.1) is 31.3 Å². The molecule has 1 aliphatic rings. The van der Waals surface area contributed by atoms with Gasteiger partial charge in [0.2, 0.25) is 0 Å². The first-order chi connectivity index (χ1) is 16.1. The Morgan fingerprint density at radius 2 is 1.85 bits per heavy atom. The Morgan fingerprint density at radius 1 is 1.09 bits per heavy atom. The second-order valence-electron chi connectivity index (χ2n) is 7.42. The van der Waals surface area contributed by atoms with Gasteiger partial charge < -0.3 is 10.1 Å². The molecule has 2 amide bonds. The van der Waals surface area contributed by atoms with Crippen molar-refractivity contribution in [2.24, 2.45) is 0 Å². The summed E-state index contributed by atoms with van der Waals surface area (Å²) in [5.41, 5.74) is 3.36. The predicted molar refractivity (Wildman–Crippen MR) is 126 cm³/mol. The van der Waals surface area contributed by atoms with Crippen molar-refractivity contribution in [2.75, 3.05) is 23.9 Å². The number of carbonyl (C=O) groups excluding carboxylic acids is 2. The molecule has 3 aromatic carbocycles. The molecule has 6 heteroatoms. The van der Waals surface area contributed by atoms with Gasteiger partial charge in [-0.05, 0) is 66.6 Å². The van der Waals surface area contributed by atoms with E-state index in [2.05, 4.69) is 23.2 Å². The fourth-order valence-electron chi connectivity index (χ4n) is 3.87. The number of nitrogens with zero attached hydrogens (tertiary/aromatic N) is 2. The molecule has 0 saturated carbocycles. The molecule has 0 fully saturated rings. The molecule has 33 heavy (non-hydrogen) atoms. The van der Waals surface area contributed by atoms with Crippen LogP contribution in [0.2, 0.25) is 0 Å². The van der Waals surface area contributed by atoms with Gasteiger partial charge in [0.15, 0.2) is 0 Å². The average molecular weight is 435 g/mol. The molecule has 1 unspecified atom stereocenters. The van der Waals surface area contributed by atoms with Crippen molar-refractivity contribution in [1.29, 1.82) is 5.26 Å². The molecule has 1 heterocycles. The topological polar surface area (TPSA) is 82.4 Å². The first kappa shape index (κ1) is 21.7. The van der Waals surface area contributed by atoms with Gasteiger partial charge in [-0.3, -0.25) is 14.5 Å². The molecule has 162 valence electrons. The van der Waals surface area contributed by atoms with Gasteiger partial charge in [-0.25, -0.2) is 0 Å². The van der Waals surface area contributed by atoms with Gasteiger partial charge in [0, 0.05) is 16.8 Å². The summed E-state index contributed by atoms with van der Waals surface area (Å²) < 4.78 is 5.14. The molecule has 4 rings (SSSR count). The summed E-state index contributed by atoms with van der Waals surface area (Å²) >= 11 is 0. The Kier molecular flexibility index (Phi) is 6.11. The summed E-state index contributed by atoms with van der Waals surface area (Å²) in [6, 6.07) is 21.5. The van der Waals surface area contributed by atoms with Crippen LogP contribution >= 0.6 is 0 Å². The van der Waals surface area contributed by atoms with E-state index in [9.17, 15) is 14.9 Å². The van der Waals surface area contributed by atoms with Crippen LogP contribution in [0.25, 0.3) is 0 Å². The minimum Gasteiger partial charge on any atom is -0.497 e. The summed E-state index contributed by atoms with van der Waals surface area (Å²) in [5.74, 6) is 5.27. The van der Waals surface area contributed by atoms with Crippen LogP contribution in [0.1, 0.15) is 44.7 Å². The molecule has 0 saturated heterocycles. The number of hydrogen-bond acceptors (Lipinski definition) is 4. The number of rotatable bonds is 4. The Bertz CT molecular complexity index is 1330. The molecule has 1 N–H and O–H groups in total. The number of hydrogen-bond donors (Lipinski definition) is 1. The van der Waals surface area contributed by atoms with Crippen LogP contribution in [0.15, 0.2) is 66.7 Å². The van der Waals surface area contributed by atoms with Crippen molar-refractivity contribution in [3.8, 4) is 23.7 Å². The fraction of sp³-hybridized carbons (Fsp3) is 0.148. The smallest absolute Gasteiger partial charge is 0.259 e. The Balaban J connectivity index is 1.76. The average Bonchev–Trinajstić information content (AvgIpc) is 2.95. The molecule has 6 nitrogen and oxygen atoms in total. The number of fused-ring (bicyclic) bond motifs is 2. The monoisotopic (exact) mass is 435 g/mol. The normalized spacial score (nSPS) is 14.0. The SMILES string of the molecule is CC#CCN1C(=O)c2ccccc2C(C#N)c2cc(NC(=O)c3ccc(OC)cc3)ccc21. The summed E-state index contributed by atoms with van der Waals surface area (Å²) in [7, 11) is 1.56. The van der Waals surface area contributed by atoms with Gasteiger partial charge in [0.1, 0.15) is 5.75 Å². The minimum absolute atomic E-state index is 0.201. The number of ether oxygens (including phenoxy) is 1. The first-order valence-electron chi connectivity index (χ1n) is 10.4. The maximum absolute atomic E-state index is 13.3. The van der Waals surface area contributed by atoms with Gasteiger partial charge in [-0.1, -0.05) is 24.1 Å². The summed E-state index contributed by atoms with van der Waals surface area (Å²) in [6.07, 6.45) is 0. The highest BCUT2D eigenvalue weighted by molar-refractivity contribution is 6.10. The van der Waals surface area contributed by atoms with Crippen LogP contribution in [0.3, 0.4) is 0 Å². The van der Waals surface area contributed by atoms with Crippen molar-refractivity contribution in [2.45, 2.75) is 12.8 Å². The van der Waals surface area contributed by atoms with Crippen LogP contribution < -0.4 is 15.0 Å². The van der Waals surface area contributed by atoms with E-state index in [4.69, 9.17) is 4.74 Å². The predicted octanol–water partition coefficient (Wildman–Crippen LogP) is 4.59. The minimum atomic E-state index is -0.669. The molecule has 0 radical (unpaired) electrons. The van der Waals surface area contributed by atoms with Gasteiger partial charge in [0.25, 0.3) is 11.8 Å². The number of methoxy groups -OCH3 is 1. The van der Waals surface area contributed by atoms with Gasteiger partial charge in [-0.2, -0.15) is 5.26 Å². The maximum atomic E-state index is 13.3. The van der Waals surface area contributed by atoms with E-state index in [0.29, 0.717) is 39.4 Å². The van der Waals surface area contributed by atoms with Crippen molar-refractivity contribution >= 4 is 23.2 Å². The summed E-state index contributed by atoms with van der Waals surface area (Å²) in [6.45, 7) is 1.92. The Hall–Kier alpha value is -4.55. The van der Waals surface area contributed by atoms with Crippen molar-refractivity contribution < 1.29 is 14.3 Å². The highest BCUT2D eigenvalue weighted by Gasteiger charge is 2.32. The van der Waals surface area contributed by atoms with E-state index in [1.165, 1.54) is 0 Å². The summed E-state index contributed by atoms with van der Waals surface area (Å²) in [5, 5.41) is 12.9. The van der Waals surface area contributed by atoms with Crippen molar-refractivity contribution in [3.05, 3.63) is 89.0 Å². The van der Waals surface area contributed by atoms with E-state index in [1.807, 2.05) is 6.07 Å². The highest BCUT2D eigenvalue weighted by atomic mass is 16.5. The van der Waals surface area contributed by atoms with Crippen molar-refractivity contribution in [1.82, 2.24) is 0 Å². The second-order valence-corrected chi connectivity index (χ2v) is 7.42. The van der Waals surface area contributed by atoms with Crippen LogP contribution in [0.4, 0.5) is 11.4 Å². The van der Waals surface area contributed by atoms with Crippen LogP contribution in [-0.2, 0) is 0 Å². The van der Waals surface area contributed by atoms with Crippen LogP contribution in [0, 0.1) is 23.2 Å². The number of amides is 2. The second kappa shape index (κ2) is 9.30. The maximum Gasteiger partial charge on any atom is 0.259 e. The zero-order valence-corrected chi connectivity index (χ0v) is 18.3. The van der Waals surface area contributed by atoms with E-state index >= 15 is 0 Å². The standard InChI is InChI=1S/C27H21N3O3/c1-3-4-15-30-25-14-11-19(29-26(31)18-9-12-20(33-2)13-10-18)16-23(25)24(17-28)21-7-5-6-8-22(21)27(30)32/h5-14,16,24H,15H2,1-2H3,(H,29,31). The highest BCUT2D eigenvalue weighted by Crippen LogP contribution is 2.39. The molecule has 0 spiro atoms. The van der Waals surface area contributed by atoms with E-state index in [0.717, 1.165) is 0 Å². The quantitative estimate of drug-likeness (QED) is 0.608. The summed E-state index contributed by atoms with van der Waals surface area (Å²) in [4.78, 5) is 27.7. The lowest BCUT2D eigenvalue weighted by Gasteiger charge is -2.22. The van der Waals surface area contributed by atoms with Crippen molar-refractivity contribution in [3.63, 3.8) is 0 Å². The molecule has 1 atom stereocenters. The van der Waals surface area contributed by atoms with Crippen LogP contribution in [0.5, 0.6) is 5.75 Å². The molecule has 1 aliphatic heterocycles. The number of nitriles is 1. The molecule has 3 aromatic rings. The van der Waals surface area contributed by atoms with E-state index in [-0.39, 0.29) is 18.4 Å². The zero-order valence-electron chi connectivity index (χ0n) is 18.3. The van der Waals surface area contributed by atoms with E-state index < -0.39 is 5.92 Å². The molecular weight excluding hydrogens is 414 g/mol. The third-order valence-corrected chi connectivity index (χ3v) is 5.53. The molecular formula is C27H21N3O3. The lowest BCUT2D eigenvalue weighted by molar-refractivity contribution is 0.0988. The van der Waals surface area contributed by atoms with Gasteiger partial charge >= 0.3 is 0 Å². The molecule has 0 aromatic heterocycles.